The zero-order chi connectivity index (χ0) is 21.4. The lowest BCUT2D eigenvalue weighted by molar-refractivity contribution is -0.129. The molecular weight excluding hydrogens is 430 g/mol. The first-order valence-electron chi connectivity index (χ1n) is 11.7. The molecule has 1 aliphatic carbocycles. The van der Waals surface area contributed by atoms with Crippen molar-refractivity contribution < 1.29 is 9.53 Å². The predicted octanol–water partition coefficient (Wildman–Crippen LogP) is 3.87. The molecule has 6 nitrogen and oxygen atoms in total. The van der Waals surface area contributed by atoms with Crippen LogP contribution in [0, 0.1) is 5.92 Å². The van der Waals surface area contributed by atoms with E-state index in [-0.39, 0.29) is 17.6 Å². The second-order valence-corrected chi connectivity index (χ2v) is 11.2. The maximum absolute atomic E-state index is 13.6. The van der Waals surface area contributed by atoms with Crippen molar-refractivity contribution in [2.24, 2.45) is 5.92 Å². The number of aromatic nitrogens is 2. The lowest BCUT2D eigenvalue weighted by atomic mass is 9.97. The zero-order valence-electron chi connectivity index (χ0n) is 18.2. The molecule has 0 N–H and O–H groups in total. The molecule has 0 bridgehead atoms. The van der Waals surface area contributed by atoms with Gasteiger partial charge in [-0.05, 0) is 62.8 Å². The summed E-state index contributed by atoms with van der Waals surface area (Å²) in [5.41, 5.74) is 1.28. The van der Waals surface area contributed by atoms with Crippen molar-refractivity contribution in [2.45, 2.75) is 76.1 Å². The molecule has 0 radical (unpaired) electrons. The number of thiophene rings is 1. The summed E-state index contributed by atoms with van der Waals surface area (Å²) >= 11 is 3.10. The van der Waals surface area contributed by atoms with Crippen molar-refractivity contribution in [1.29, 1.82) is 0 Å². The highest BCUT2D eigenvalue weighted by molar-refractivity contribution is 7.99. The summed E-state index contributed by atoms with van der Waals surface area (Å²) in [5, 5.41) is 1.49. The minimum atomic E-state index is 0.0571. The van der Waals surface area contributed by atoms with Crippen molar-refractivity contribution in [3.05, 3.63) is 20.8 Å². The van der Waals surface area contributed by atoms with E-state index in [0.29, 0.717) is 23.4 Å². The number of hydrogen-bond acceptors (Lipinski definition) is 6. The maximum Gasteiger partial charge on any atom is 0.263 e. The standard InChI is InChI=1S/C23H31N3O3S2/c1-15-8-10-25(11-9-15)19(27)14-30-23-24-21-20(17-6-2-3-7-18(17)31-21)22(28)26(23)13-16-5-4-12-29-16/h15-16H,2-14H2,1H3. The van der Waals surface area contributed by atoms with Crippen molar-refractivity contribution in [3.63, 3.8) is 0 Å². The molecule has 8 heteroatoms. The van der Waals surface area contributed by atoms with Crippen molar-refractivity contribution in [1.82, 2.24) is 14.5 Å². The maximum atomic E-state index is 13.6. The van der Waals surface area contributed by atoms with Crippen LogP contribution in [-0.4, -0.2) is 51.9 Å². The van der Waals surface area contributed by atoms with E-state index in [9.17, 15) is 9.59 Å². The topological polar surface area (TPSA) is 64.4 Å². The molecule has 0 saturated carbocycles. The number of hydrogen-bond donors (Lipinski definition) is 0. The molecule has 1 atom stereocenters. The third-order valence-electron chi connectivity index (χ3n) is 6.91. The van der Waals surface area contributed by atoms with Gasteiger partial charge in [-0.2, -0.15) is 0 Å². The first-order valence-corrected chi connectivity index (χ1v) is 13.5. The van der Waals surface area contributed by atoms with Gasteiger partial charge in [-0.3, -0.25) is 14.2 Å². The van der Waals surface area contributed by atoms with Gasteiger partial charge < -0.3 is 9.64 Å². The van der Waals surface area contributed by atoms with E-state index in [4.69, 9.17) is 9.72 Å². The average molecular weight is 462 g/mol. The van der Waals surface area contributed by atoms with Crippen LogP contribution in [0.1, 0.15) is 55.9 Å². The lowest BCUT2D eigenvalue weighted by Crippen LogP contribution is -2.39. The molecule has 31 heavy (non-hydrogen) atoms. The summed E-state index contributed by atoms with van der Waals surface area (Å²) < 4.78 is 7.64. The molecule has 2 aromatic rings. The van der Waals surface area contributed by atoms with Gasteiger partial charge in [0.1, 0.15) is 4.83 Å². The average Bonchev–Trinajstić information content (AvgIpc) is 3.42. The fourth-order valence-corrected chi connectivity index (χ4v) is 7.17. The largest absolute Gasteiger partial charge is 0.376 e. The number of piperidine rings is 1. The van der Waals surface area contributed by atoms with Crippen molar-refractivity contribution in [3.8, 4) is 0 Å². The number of fused-ring (bicyclic) bond motifs is 3. The highest BCUT2D eigenvalue weighted by Gasteiger charge is 2.26. The quantitative estimate of drug-likeness (QED) is 0.500. The Labute approximate surface area is 191 Å². The second kappa shape index (κ2) is 9.24. The van der Waals surface area contributed by atoms with Crippen LogP contribution in [0.3, 0.4) is 0 Å². The van der Waals surface area contributed by atoms with Crippen molar-refractivity contribution >= 4 is 39.2 Å². The molecule has 2 aliphatic heterocycles. The molecule has 2 fully saturated rings. The van der Waals surface area contributed by atoms with Crippen LogP contribution < -0.4 is 5.56 Å². The van der Waals surface area contributed by atoms with Crippen LogP contribution in [0.15, 0.2) is 9.95 Å². The number of ether oxygens (including phenoxy) is 1. The Balaban J connectivity index is 1.43. The number of amides is 1. The Kier molecular flexibility index (Phi) is 6.40. The number of carbonyl (C=O) groups is 1. The van der Waals surface area contributed by atoms with Gasteiger partial charge in [-0.1, -0.05) is 18.7 Å². The van der Waals surface area contributed by atoms with Gasteiger partial charge >= 0.3 is 0 Å². The van der Waals surface area contributed by atoms with Crippen LogP contribution in [0.4, 0.5) is 0 Å². The van der Waals surface area contributed by atoms with Gasteiger partial charge in [0.25, 0.3) is 5.56 Å². The fourth-order valence-electron chi connectivity index (χ4n) is 4.96. The molecule has 5 rings (SSSR count). The number of likely N-dealkylation sites (tertiary alicyclic amines) is 1. The zero-order valence-corrected chi connectivity index (χ0v) is 19.9. The minimum absolute atomic E-state index is 0.0571. The molecule has 168 valence electrons. The highest BCUT2D eigenvalue weighted by Crippen LogP contribution is 2.35. The number of rotatable bonds is 5. The van der Waals surface area contributed by atoms with E-state index < -0.39 is 0 Å². The minimum Gasteiger partial charge on any atom is -0.376 e. The highest BCUT2D eigenvalue weighted by atomic mass is 32.2. The van der Waals surface area contributed by atoms with E-state index in [1.165, 1.54) is 28.6 Å². The molecule has 4 heterocycles. The van der Waals surface area contributed by atoms with E-state index in [1.807, 2.05) is 4.90 Å². The van der Waals surface area contributed by atoms with E-state index in [2.05, 4.69) is 6.92 Å². The van der Waals surface area contributed by atoms with Crippen LogP contribution >= 0.6 is 23.1 Å². The van der Waals surface area contributed by atoms with Crippen LogP contribution in [0.25, 0.3) is 10.2 Å². The Morgan fingerprint density at radius 1 is 1.19 bits per heavy atom. The molecule has 2 aromatic heterocycles. The summed E-state index contributed by atoms with van der Waals surface area (Å²) in [4.78, 5) is 35.5. The van der Waals surface area contributed by atoms with Gasteiger partial charge in [-0.15, -0.1) is 11.3 Å². The Bertz CT molecular complexity index is 1020. The van der Waals surface area contributed by atoms with E-state index in [1.54, 1.807) is 15.9 Å². The second-order valence-electron chi connectivity index (χ2n) is 9.19. The van der Waals surface area contributed by atoms with E-state index in [0.717, 1.165) is 74.9 Å². The van der Waals surface area contributed by atoms with Crippen LogP contribution in [0.2, 0.25) is 0 Å². The molecule has 1 amide bonds. The van der Waals surface area contributed by atoms with Gasteiger partial charge in [-0.25, -0.2) is 4.98 Å². The van der Waals surface area contributed by atoms with Crippen molar-refractivity contribution in [2.75, 3.05) is 25.4 Å². The van der Waals surface area contributed by atoms with Gasteiger partial charge in [0.2, 0.25) is 5.91 Å². The third-order valence-corrected chi connectivity index (χ3v) is 9.06. The Morgan fingerprint density at radius 2 is 2.00 bits per heavy atom. The SMILES string of the molecule is CC1CCN(C(=O)CSc2nc3sc4c(c3c(=O)n2CC2CCCO2)CCCC4)CC1. The lowest BCUT2D eigenvalue weighted by Gasteiger charge is -2.30. The smallest absolute Gasteiger partial charge is 0.263 e. The van der Waals surface area contributed by atoms with Gasteiger partial charge in [0.15, 0.2) is 5.16 Å². The van der Waals surface area contributed by atoms with E-state index >= 15 is 0 Å². The van der Waals surface area contributed by atoms with Crippen LogP contribution in [0.5, 0.6) is 0 Å². The molecule has 2 saturated heterocycles. The summed E-state index contributed by atoms with van der Waals surface area (Å²) in [6.45, 7) is 5.22. The molecule has 0 spiro atoms. The first-order chi connectivity index (χ1) is 15.1. The van der Waals surface area contributed by atoms with Crippen LogP contribution in [-0.2, 0) is 28.9 Å². The Morgan fingerprint density at radius 3 is 2.77 bits per heavy atom. The molecular formula is C23H31N3O3S2. The summed E-state index contributed by atoms with van der Waals surface area (Å²) in [6.07, 6.45) is 8.58. The first kappa shape index (κ1) is 21.5. The molecule has 1 unspecified atom stereocenters. The molecule has 0 aromatic carbocycles. The number of thioether (sulfide) groups is 1. The number of carbonyl (C=O) groups excluding carboxylic acids is 1. The summed E-state index contributed by atoms with van der Waals surface area (Å²) in [5.74, 6) is 1.19. The van der Waals surface area contributed by atoms with Gasteiger partial charge in [0, 0.05) is 24.6 Å². The number of aryl methyl sites for hydroxylation is 2. The predicted molar refractivity (Wildman–Crippen MR) is 125 cm³/mol. The third kappa shape index (κ3) is 4.44. The summed E-state index contributed by atoms with van der Waals surface area (Å²) in [6, 6.07) is 0. The summed E-state index contributed by atoms with van der Waals surface area (Å²) in [7, 11) is 0. The normalized spacial score (nSPS) is 22.2. The fraction of sp³-hybridized carbons (Fsp3) is 0.696. The monoisotopic (exact) mass is 461 g/mol. The van der Waals surface area contributed by atoms with Gasteiger partial charge in [0.05, 0.1) is 23.8 Å². The number of nitrogens with zero attached hydrogens (tertiary/aromatic N) is 3. The molecule has 3 aliphatic rings. The Hall–Kier alpha value is -1.38.